The number of thiazole rings is 1. The van der Waals surface area contributed by atoms with Crippen molar-refractivity contribution in [1.29, 1.82) is 0 Å². The van der Waals surface area contributed by atoms with Crippen molar-refractivity contribution in [3.8, 4) is 0 Å². The number of nitrogens with zero attached hydrogens (tertiary/aromatic N) is 2. The van der Waals surface area contributed by atoms with Gasteiger partial charge in [-0.1, -0.05) is 24.3 Å². The van der Waals surface area contributed by atoms with Gasteiger partial charge in [-0.2, -0.15) is 0 Å². The highest BCUT2D eigenvalue weighted by Crippen LogP contribution is 2.18. The van der Waals surface area contributed by atoms with E-state index in [0.29, 0.717) is 18.7 Å². The maximum atomic E-state index is 12.3. The molecule has 3 aromatic rings. The smallest absolute Gasteiger partial charge is 0.251 e. The fourth-order valence-corrected chi connectivity index (χ4v) is 3.68. The van der Waals surface area contributed by atoms with E-state index >= 15 is 0 Å². The van der Waals surface area contributed by atoms with E-state index in [0.717, 1.165) is 36.1 Å². The first kappa shape index (κ1) is 25.3. The number of nitrogens with one attached hydrogen (secondary N) is 1. The van der Waals surface area contributed by atoms with E-state index in [1.807, 2.05) is 18.2 Å². The van der Waals surface area contributed by atoms with Gasteiger partial charge in [-0.05, 0) is 55.8 Å². The zero-order valence-electron chi connectivity index (χ0n) is 16.5. The third-order valence-corrected chi connectivity index (χ3v) is 5.43. The summed E-state index contributed by atoms with van der Waals surface area (Å²) in [6, 6.07) is 14.1. The molecule has 0 aliphatic carbocycles. The van der Waals surface area contributed by atoms with Crippen molar-refractivity contribution in [2.24, 2.45) is 5.73 Å². The molecule has 0 radical (unpaired) electrons. The minimum Gasteiger partial charge on any atom is -0.351 e. The Balaban J connectivity index is 0.00000210. The average Bonchev–Trinajstić information content (AvgIpc) is 3.16. The molecule has 1 heterocycles. The first-order chi connectivity index (χ1) is 13.2. The number of carbonyl (C=O) groups is 1. The summed E-state index contributed by atoms with van der Waals surface area (Å²) in [4.78, 5) is 18.8. The lowest BCUT2D eigenvalue weighted by Crippen LogP contribution is -2.33. The molecular weight excluding hydrogens is 427 g/mol. The van der Waals surface area contributed by atoms with E-state index in [9.17, 15) is 4.79 Å². The predicted octanol–water partition coefficient (Wildman–Crippen LogP) is 3.89. The van der Waals surface area contributed by atoms with Crippen molar-refractivity contribution < 1.29 is 4.79 Å². The van der Waals surface area contributed by atoms with Gasteiger partial charge in [0, 0.05) is 25.2 Å². The molecule has 1 amide bonds. The van der Waals surface area contributed by atoms with E-state index in [-0.39, 0.29) is 30.7 Å². The summed E-state index contributed by atoms with van der Waals surface area (Å²) >= 11 is 1.55. The highest BCUT2D eigenvalue weighted by molar-refractivity contribution is 7.16. The van der Waals surface area contributed by atoms with Crippen molar-refractivity contribution in [3.63, 3.8) is 0 Å². The molecule has 5 nitrogen and oxygen atoms in total. The SMILES string of the molecule is CN(CCCc1ccc(CN)cc1)CCNC(=O)c1ccc2ncsc2c1.Cl.Cl. The van der Waals surface area contributed by atoms with Gasteiger partial charge in [0.25, 0.3) is 5.91 Å². The number of rotatable bonds is 9. The molecule has 0 fully saturated rings. The monoisotopic (exact) mass is 454 g/mol. The topological polar surface area (TPSA) is 71.2 Å². The van der Waals surface area contributed by atoms with Crippen LogP contribution < -0.4 is 11.1 Å². The van der Waals surface area contributed by atoms with Gasteiger partial charge in [0.15, 0.2) is 0 Å². The summed E-state index contributed by atoms with van der Waals surface area (Å²) in [6.45, 7) is 3.07. The van der Waals surface area contributed by atoms with Crippen LogP contribution in [0.4, 0.5) is 0 Å². The summed E-state index contributed by atoms with van der Waals surface area (Å²) in [7, 11) is 2.09. The number of halogens is 2. The van der Waals surface area contributed by atoms with Crippen LogP contribution in [0.1, 0.15) is 27.9 Å². The molecule has 3 N–H and O–H groups in total. The number of nitrogens with two attached hydrogens (primary N) is 1. The molecule has 8 heteroatoms. The summed E-state index contributed by atoms with van der Waals surface area (Å²) in [5.74, 6) is -0.0290. The Labute approximate surface area is 188 Å². The molecule has 0 atom stereocenters. The fraction of sp³-hybridized carbons (Fsp3) is 0.333. The number of likely N-dealkylation sites (N-methyl/N-ethyl adjacent to an activating group) is 1. The second-order valence-corrected chi connectivity index (χ2v) is 7.60. The van der Waals surface area contributed by atoms with E-state index in [1.54, 1.807) is 16.8 Å². The molecule has 158 valence electrons. The van der Waals surface area contributed by atoms with Crippen molar-refractivity contribution >= 4 is 52.3 Å². The molecule has 1 aromatic heterocycles. The van der Waals surface area contributed by atoms with Crippen LogP contribution in [0.2, 0.25) is 0 Å². The first-order valence-electron chi connectivity index (χ1n) is 9.23. The second-order valence-electron chi connectivity index (χ2n) is 6.72. The molecule has 3 rings (SSSR count). The van der Waals surface area contributed by atoms with Gasteiger partial charge in [-0.25, -0.2) is 4.98 Å². The Morgan fingerprint density at radius 2 is 1.83 bits per heavy atom. The minimum atomic E-state index is -0.0290. The number of benzene rings is 2. The van der Waals surface area contributed by atoms with E-state index in [2.05, 4.69) is 46.5 Å². The molecule has 0 saturated heterocycles. The van der Waals surface area contributed by atoms with Crippen LogP contribution in [0.3, 0.4) is 0 Å². The summed E-state index contributed by atoms with van der Waals surface area (Å²) < 4.78 is 1.04. The number of fused-ring (bicyclic) bond motifs is 1. The number of aryl methyl sites for hydroxylation is 1. The van der Waals surface area contributed by atoms with Crippen molar-refractivity contribution in [2.45, 2.75) is 19.4 Å². The maximum absolute atomic E-state index is 12.3. The summed E-state index contributed by atoms with van der Waals surface area (Å²) in [5.41, 5.74) is 11.6. The van der Waals surface area contributed by atoms with Gasteiger partial charge in [0.2, 0.25) is 0 Å². The molecule has 29 heavy (non-hydrogen) atoms. The van der Waals surface area contributed by atoms with Crippen LogP contribution in [0.25, 0.3) is 10.2 Å². The standard InChI is InChI=1S/C21H26N4OS.2ClH/c1-25(11-2-3-16-4-6-17(14-22)7-5-16)12-10-23-21(26)18-8-9-19-20(13-18)27-15-24-19;;/h4-9,13,15H,2-3,10-12,14,22H2,1H3,(H,23,26);2*1H. The largest absolute Gasteiger partial charge is 0.351 e. The predicted molar refractivity (Wildman–Crippen MR) is 127 cm³/mol. The Bertz CT molecular complexity index is 886. The number of aromatic nitrogens is 1. The minimum absolute atomic E-state index is 0. The Morgan fingerprint density at radius 3 is 2.55 bits per heavy atom. The Hall–Kier alpha value is -1.70. The van der Waals surface area contributed by atoms with E-state index in [1.165, 1.54) is 11.1 Å². The molecular formula is C21H28Cl2N4OS. The quantitative estimate of drug-likeness (QED) is 0.514. The lowest BCUT2D eigenvalue weighted by molar-refractivity contribution is 0.0950. The molecule has 0 spiro atoms. The van der Waals surface area contributed by atoms with Crippen LogP contribution in [0, 0.1) is 0 Å². The molecule has 0 aliphatic heterocycles. The van der Waals surface area contributed by atoms with Gasteiger partial charge in [-0.3, -0.25) is 4.79 Å². The van der Waals surface area contributed by atoms with Gasteiger partial charge in [0.1, 0.15) is 0 Å². The zero-order chi connectivity index (χ0) is 19.1. The normalized spacial score (nSPS) is 10.4. The summed E-state index contributed by atoms with van der Waals surface area (Å²) in [6.07, 6.45) is 2.14. The second kappa shape index (κ2) is 12.8. The average molecular weight is 455 g/mol. The van der Waals surface area contributed by atoms with E-state index < -0.39 is 0 Å². The highest BCUT2D eigenvalue weighted by Gasteiger charge is 2.07. The zero-order valence-corrected chi connectivity index (χ0v) is 18.9. The van der Waals surface area contributed by atoms with Gasteiger partial charge >= 0.3 is 0 Å². The highest BCUT2D eigenvalue weighted by atomic mass is 35.5. The van der Waals surface area contributed by atoms with Crippen LogP contribution in [-0.2, 0) is 13.0 Å². The van der Waals surface area contributed by atoms with Gasteiger partial charge < -0.3 is 16.0 Å². The van der Waals surface area contributed by atoms with Crippen LogP contribution >= 0.6 is 36.2 Å². The van der Waals surface area contributed by atoms with Crippen LogP contribution in [-0.4, -0.2) is 42.5 Å². The van der Waals surface area contributed by atoms with Crippen molar-refractivity contribution in [3.05, 3.63) is 64.7 Å². The molecule has 0 unspecified atom stereocenters. The van der Waals surface area contributed by atoms with Gasteiger partial charge in [0.05, 0.1) is 15.7 Å². The molecule has 0 aliphatic rings. The maximum Gasteiger partial charge on any atom is 0.251 e. The lowest BCUT2D eigenvalue weighted by Gasteiger charge is -2.17. The molecule has 2 aromatic carbocycles. The third-order valence-electron chi connectivity index (χ3n) is 4.64. The number of carbonyl (C=O) groups excluding carboxylic acids is 1. The van der Waals surface area contributed by atoms with Gasteiger partial charge in [-0.15, -0.1) is 36.2 Å². The fourth-order valence-electron chi connectivity index (χ4n) is 2.97. The van der Waals surface area contributed by atoms with Crippen molar-refractivity contribution in [2.75, 3.05) is 26.7 Å². The number of hydrogen-bond donors (Lipinski definition) is 2. The molecule has 0 saturated carbocycles. The van der Waals surface area contributed by atoms with Crippen LogP contribution in [0.5, 0.6) is 0 Å². The third kappa shape index (κ3) is 7.57. The van der Waals surface area contributed by atoms with Crippen LogP contribution in [0.15, 0.2) is 48.0 Å². The molecule has 0 bridgehead atoms. The Morgan fingerprint density at radius 1 is 1.10 bits per heavy atom. The Kier molecular flexibility index (Phi) is 11.2. The number of hydrogen-bond acceptors (Lipinski definition) is 5. The summed E-state index contributed by atoms with van der Waals surface area (Å²) in [5, 5.41) is 3.00. The lowest BCUT2D eigenvalue weighted by atomic mass is 10.1. The number of amides is 1. The first-order valence-corrected chi connectivity index (χ1v) is 10.1. The van der Waals surface area contributed by atoms with Crippen molar-refractivity contribution in [1.82, 2.24) is 15.2 Å². The van der Waals surface area contributed by atoms with E-state index in [4.69, 9.17) is 5.73 Å².